The van der Waals surface area contributed by atoms with Gasteiger partial charge < -0.3 is 4.42 Å². The van der Waals surface area contributed by atoms with Crippen molar-refractivity contribution < 1.29 is 4.42 Å². The predicted octanol–water partition coefficient (Wildman–Crippen LogP) is 3.81. The van der Waals surface area contributed by atoms with E-state index in [1.54, 1.807) is 0 Å². The van der Waals surface area contributed by atoms with Crippen LogP contribution in [0.3, 0.4) is 0 Å². The molecule has 0 N–H and O–H groups in total. The van der Waals surface area contributed by atoms with Gasteiger partial charge in [-0.15, -0.1) is 21.8 Å². The molecule has 84 valence electrons. The number of hydrogen-bond acceptors (Lipinski definition) is 3. The summed E-state index contributed by atoms with van der Waals surface area (Å²) < 4.78 is 5.59. The van der Waals surface area contributed by atoms with Crippen LogP contribution < -0.4 is 0 Å². The highest BCUT2D eigenvalue weighted by atomic mass is 35.5. The Morgan fingerprint density at radius 2 is 1.87 bits per heavy atom. The zero-order chi connectivity index (χ0) is 10.7. The molecule has 0 aromatic carbocycles. The molecule has 1 aliphatic rings. The first-order valence-electron chi connectivity index (χ1n) is 5.74. The second kappa shape index (κ2) is 4.97. The summed E-state index contributed by atoms with van der Waals surface area (Å²) >= 11 is 5.89. The van der Waals surface area contributed by atoms with Gasteiger partial charge in [-0.05, 0) is 19.8 Å². The molecule has 1 aromatic rings. The van der Waals surface area contributed by atoms with Crippen LogP contribution in [-0.2, 0) is 0 Å². The monoisotopic (exact) mass is 228 g/mol. The minimum atomic E-state index is -0.183. The summed E-state index contributed by atoms with van der Waals surface area (Å²) in [5, 5.41) is 7.89. The van der Waals surface area contributed by atoms with Gasteiger partial charge in [-0.2, -0.15) is 0 Å². The number of halogens is 1. The highest BCUT2D eigenvalue weighted by Gasteiger charge is 2.21. The van der Waals surface area contributed by atoms with E-state index in [1.165, 1.54) is 38.5 Å². The van der Waals surface area contributed by atoms with Gasteiger partial charge in [0.1, 0.15) is 5.38 Å². The molecule has 3 nitrogen and oxygen atoms in total. The van der Waals surface area contributed by atoms with Gasteiger partial charge in [-0.1, -0.05) is 25.7 Å². The third kappa shape index (κ3) is 2.71. The van der Waals surface area contributed by atoms with Crippen LogP contribution in [0.4, 0.5) is 0 Å². The molecule has 1 aromatic heterocycles. The molecule has 0 spiro atoms. The molecule has 0 amide bonds. The third-order valence-corrected chi connectivity index (χ3v) is 3.19. The molecule has 1 atom stereocenters. The lowest BCUT2D eigenvalue weighted by atomic mass is 10.0. The maximum Gasteiger partial charge on any atom is 0.234 e. The summed E-state index contributed by atoms with van der Waals surface area (Å²) in [7, 11) is 0. The molecule has 2 rings (SSSR count). The molecule has 0 saturated heterocycles. The van der Waals surface area contributed by atoms with Crippen LogP contribution >= 0.6 is 11.6 Å². The van der Waals surface area contributed by atoms with Crippen molar-refractivity contribution in [2.45, 2.75) is 56.7 Å². The van der Waals surface area contributed by atoms with Gasteiger partial charge in [0.2, 0.25) is 11.8 Å². The Morgan fingerprint density at radius 3 is 2.40 bits per heavy atom. The van der Waals surface area contributed by atoms with Gasteiger partial charge in [0.25, 0.3) is 0 Å². The third-order valence-electron chi connectivity index (χ3n) is 3.00. The summed E-state index contributed by atoms with van der Waals surface area (Å²) in [6, 6.07) is 0. The molecule has 0 radical (unpaired) electrons. The number of rotatable bonds is 2. The standard InChI is InChI=1S/C11H17ClN2O/c1-8(12)10-13-14-11(15-10)9-6-4-2-3-5-7-9/h8-9H,2-7H2,1H3. The van der Waals surface area contributed by atoms with Gasteiger partial charge in [0, 0.05) is 5.92 Å². The van der Waals surface area contributed by atoms with E-state index in [0.29, 0.717) is 11.8 Å². The van der Waals surface area contributed by atoms with Crippen molar-refractivity contribution in [2.75, 3.05) is 0 Å². The van der Waals surface area contributed by atoms with E-state index in [9.17, 15) is 0 Å². The van der Waals surface area contributed by atoms with Gasteiger partial charge in [-0.3, -0.25) is 0 Å². The van der Waals surface area contributed by atoms with Crippen LogP contribution in [0.2, 0.25) is 0 Å². The lowest BCUT2D eigenvalue weighted by molar-refractivity contribution is 0.395. The average molecular weight is 229 g/mol. The largest absolute Gasteiger partial charge is 0.423 e. The zero-order valence-electron chi connectivity index (χ0n) is 9.08. The topological polar surface area (TPSA) is 38.9 Å². The van der Waals surface area contributed by atoms with E-state index in [-0.39, 0.29) is 5.38 Å². The van der Waals surface area contributed by atoms with Gasteiger partial charge in [-0.25, -0.2) is 0 Å². The Labute approximate surface area is 95.2 Å². The molecule has 0 aliphatic heterocycles. The second-order valence-electron chi connectivity index (χ2n) is 4.28. The van der Waals surface area contributed by atoms with Crippen molar-refractivity contribution in [1.82, 2.24) is 10.2 Å². The first kappa shape index (κ1) is 10.9. The van der Waals surface area contributed by atoms with Crippen LogP contribution in [0.5, 0.6) is 0 Å². The van der Waals surface area contributed by atoms with E-state index in [1.807, 2.05) is 6.92 Å². The Morgan fingerprint density at radius 1 is 1.20 bits per heavy atom. The first-order chi connectivity index (χ1) is 7.27. The van der Waals surface area contributed by atoms with Gasteiger partial charge >= 0.3 is 0 Å². The van der Waals surface area contributed by atoms with Crippen LogP contribution in [0, 0.1) is 0 Å². The predicted molar refractivity (Wildman–Crippen MR) is 59.0 cm³/mol. The van der Waals surface area contributed by atoms with Crippen LogP contribution in [0.25, 0.3) is 0 Å². The highest BCUT2D eigenvalue weighted by Crippen LogP contribution is 2.31. The first-order valence-corrected chi connectivity index (χ1v) is 6.18. The lowest BCUT2D eigenvalue weighted by Crippen LogP contribution is -1.97. The normalized spacial score (nSPS) is 21.2. The fraction of sp³-hybridized carbons (Fsp3) is 0.818. The van der Waals surface area contributed by atoms with Crippen molar-refractivity contribution in [3.8, 4) is 0 Å². The number of hydrogen-bond donors (Lipinski definition) is 0. The average Bonchev–Trinajstić information content (AvgIpc) is 2.55. The minimum Gasteiger partial charge on any atom is -0.423 e. The summed E-state index contributed by atoms with van der Waals surface area (Å²) in [5.41, 5.74) is 0. The summed E-state index contributed by atoms with van der Waals surface area (Å²) in [6.45, 7) is 1.85. The van der Waals surface area contributed by atoms with Crippen molar-refractivity contribution in [1.29, 1.82) is 0 Å². The highest BCUT2D eigenvalue weighted by molar-refractivity contribution is 6.20. The Kier molecular flexibility index (Phi) is 3.62. The van der Waals surface area contributed by atoms with E-state index in [0.717, 1.165) is 5.89 Å². The molecule has 0 bridgehead atoms. The van der Waals surface area contributed by atoms with Crippen molar-refractivity contribution in [3.63, 3.8) is 0 Å². The Balaban J connectivity index is 2.06. The SMILES string of the molecule is CC(Cl)c1nnc(C2CCCCCC2)o1. The maximum absolute atomic E-state index is 5.89. The number of aromatic nitrogens is 2. The van der Waals surface area contributed by atoms with E-state index < -0.39 is 0 Å². The molecule has 1 heterocycles. The van der Waals surface area contributed by atoms with E-state index in [2.05, 4.69) is 10.2 Å². The van der Waals surface area contributed by atoms with E-state index in [4.69, 9.17) is 16.0 Å². The van der Waals surface area contributed by atoms with Crippen molar-refractivity contribution in [3.05, 3.63) is 11.8 Å². The molecular formula is C11H17ClN2O. The molecule has 1 saturated carbocycles. The lowest BCUT2D eigenvalue weighted by Gasteiger charge is -2.07. The molecule has 1 fully saturated rings. The summed E-state index contributed by atoms with van der Waals surface area (Å²) in [5.74, 6) is 1.81. The van der Waals surface area contributed by atoms with Gasteiger partial charge in [0.05, 0.1) is 0 Å². The molecule has 15 heavy (non-hydrogen) atoms. The smallest absolute Gasteiger partial charge is 0.234 e. The van der Waals surface area contributed by atoms with Crippen LogP contribution in [0.1, 0.15) is 68.5 Å². The van der Waals surface area contributed by atoms with Crippen molar-refractivity contribution in [2.24, 2.45) is 0 Å². The fourth-order valence-corrected chi connectivity index (χ4v) is 2.19. The number of alkyl halides is 1. The second-order valence-corrected chi connectivity index (χ2v) is 4.94. The summed E-state index contributed by atoms with van der Waals surface area (Å²) in [4.78, 5) is 0. The van der Waals surface area contributed by atoms with E-state index >= 15 is 0 Å². The van der Waals surface area contributed by atoms with Crippen molar-refractivity contribution >= 4 is 11.6 Å². The molecular weight excluding hydrogens is 212 g/mol. The molecule has 1 aliphatic carbocycles. The molecule has 1 unspecified atom stereocenters. The maximum atomic E-state index is 5.89. The van der Waals surface area contributed by atoms with Crippen LogP contribution in [-0.4, -0.2) is 10.2 Å². The Hall–Kier alpha value is -0.570. The van der Waals surface area contributed by atoms with Gasteiger partial charge in [0.15, 0.2) is 0 Å². The fourth-order valence-electron chi connectivity index (χ4n) is 2.10. The minimum absolute atomic E-state index is 0.183. The molecule has 4 heteroatoms. The quantitative estimate of drug-likeness (QED) is 0.571. The number of nitrogens with zero attached hydrogens (tertiary/aromatic N) is 2. The summed E-state index contributed by atoms with van der Waals surface area (Å²) in [6.07, 6.45) is 7.58. The zero-order valence-corrected chi connectivity index (χ0v) is 9.83. The Bertz CT molecular complexity index is 303. The van der Waals surface area contributed by atoms with Crippen LogP contribution in [0.15, 0.2) is 4.42 Å².